The van der Waals surface area contributed by atoms with Crippen molar-refractivity contribution < 1.29 is 35.3 Å². The van der Waals surface area contributed by atoms with Crippen molar-refractivity contribution in [2.45, 2.75) is 12.4 Å². The van der Waals surface area contributed by atoms with Gasteiger partial charge in [-0.15, -0.1) is 0 Å². The second-order valence-electron chi connectivity index (χ2n) is 4.89. The predicted octanol–water partition coefficient (Wildman–Crippen LogP) is 3.04. The molecule has 0 bridgehead atoms. The van der Waals surface area contributed by atoms with Crippen molar-refractivity contribution in [3.8, 4) is 5.88 Å². The minimum Gasteiger partial charge on any atom is -0.466 e. The van der Waals surface area contributed by atoms with E-state index in [0.29, 0.717) is 16.5 Å². The highest BCUT2D eigenvalue weighted by Gasteiger charge is 2.49. The number of nitrogens with zero attached hydrogens (tertiary/aromatic N) is 1. The largest absolute Gasteiger partial charge is 0.534 e. The van der Waals surface area contributed by atoms with E-state index in [1.807, 2.05) is 0 Å². The lowest BCUT2D eigenvalue weighted by Crippen LogP contribution is -2.28. The van der Waals surface area contributed by atoms with E-state index in [4.69, 9.17) is 0 Å². The normalized spacial score (nSPS) is 12.9. The summed E-state index contributed by atoms with van der Waals surface area (Å²) in [6.07, 6.45) is 2.31. The molecule has 6 nitrogen and oxygen atoms in total. The molecule has 0 N–H and O–H groups in total. The van der Waals surface area contributed by atoms with Crippen LogP contribution in [0.2, 0.25) is 0 Å². The molecule has 25 heavy (non-hydrogen) atoms. The van der Waals surface area contributed by atoms with E-state index in [-0.39, 0.29) is 5.39 Å². The lowest BCUT2D eigenvalue weighted by atomic mass is 10.0. The fraction of sp³-hybridized carbons (Fsp3) is 0.200. The number of methoxy groups -OCH3 is 1. The zero-order valence-corrected chi connectivity index (χ0v) is 13.8. The fourth-order valence-corrected chi connectivity index (χ4v) is 2.36. The number of alkyl halides is 3. The van der Waals surface area contributed by atoms with Crippen molar-refractivity contribution >= 4 is 32.4 Å². The van der Waals surface area contributed by atoms with E-state index >= 15 is 0 Å². The average Bonchev–Trinajstić information content (AvgIpc) is 2.53. The Morgan fingerprint density at radius 1 is 1.24 bits per heavy atom. The van der Waals surface area contributed by atoms with Gasteiger partial charge in [0.25, 0.3) is 0 Å². The molecule has 0 radical (unpaired) electrons. The average molecular weight is 375 g/mol. The van der Waals surface area contributed by atoms with E-state index in [0.717, 1.165) is 6.20 Å². The van der Waals surface area contributed by atoms with Crippen LogP contribution < -0.4 is 4.18 Å². The molecule has 0 atom stereocenters. The van der Waals surface area contributed by atoms with Gasteiger partial charge < -0.3 is 8.92 Å². The summed E-state index contributed by atoms with van der Waals surface area (Å²) >= 11 is 0. The Balaban J connectivity index is 2.55. The van der Waals surface area contributed by atoms with Crippen LogP contribution in [0.15, 0.2) is 36.5 Å². The molecule has 0 fully saturated rings. The molecule has 0 spiro atoms. The zero-order valence-electron chi connectivity index (χ0n) is 13.0. The van der Waals surface area contributed by atoms with Gasteiger partial charge in [-0.1, -0.05) is 12.1 Å². The third-order valence-corrected chi connectivity index (χ3v) is 4.14. The van der Waals surface area contributed by atoms with Crippen LogP contribution in [0.25, 0.3) is 16.3 Å². The summed E-state index contributed by atoms with van der Waals surface area (Å²) < 4.78 is 68.6. The van der Waals surface area contributed by atoms with Gasteiger partial charge in [0.05, 0.1) is 7.11 Å². The number of hydrogen-bond donors (Lipinski definition) is 0. The Morgan fingerprint density at radius 3 is 2.52 bits per heavy atom. The molecule has 0 aliphatic heterocycles. The van der Waals surface area contributed by atoms with Gasteiger partial charge in [-0.25, -0.2) is 9.78 Å². The number of carbonyl (C=O) groups is 1. The van der Waals surface area contributed by atoms with Gasteiger partial charge in [0.1, 0.15) is 0 Å². The van der Waals surface area contributed by atoms with Crippen LogP contribution >= 0.6 is 0 Å². The van der Waals surface area contributed by atoms with Crippen molar-refractivity contribution in [1.29, 1.82) is 0 Å². The van der Waals surface area contributed by atoms with Crippen molar-refractivity contribution in [2.24, 2.45) is 0 Å². The molecule has 0 saturated heterocycles. The van der Waals surface area contributed by atoms with E-state index in [1.165, 1.54) is 31.4 Å². The highest BCUT2D eigenvalue weighted by atomic mass is 32.2. The number of carbonyl (C=O) groups excluding carboxylic acids is 1. The molecule has 134 valence electrons. The van der Waals surface area contributed by atoms with Crippen LogP contribution in [0, 0.1) is 0 Å². The standard InChI is InChI=1S/C15H12F3NO5S/c1-9(7-13(20)23-2)11-4-3-10-5-6-19-14(12(10)8-11)24-25(21,22)15(16,17)18/h3-8H,1-2H3. The van der Waals surface area contributed by atoms with Crippen molar-refractivity contribution in [1.82, 2.24) is 4.98 Å². The molecule has 0 amide bonds. The highest BCUT2D eigenvalue weighted by molar-refractivity contribution is 7.88. The molecule has 0 aliphatic carbocycles. The number of pyridine rings is 1. The molecule has 0 saturated carbocycles. The molecule has 2 rings (SSSR count). The van der Waals surface area contributed by atoms with Gasteiger partial charge in [-0.3, -0.25) is 0 Å². The third kappa shape index (κ3) is 4.08. The number of aromatic nitrogens is 1. The summed E-state index contributed by atoms with van der Waals surface area (Å²) in [5, 5.41) is 0.461. The molecule has 1 aromatic heterocycles. The summed E-state index contributed by atoms with van der Waals surface area (Å²) in [6, 6.07) is 6.00. The first-order chi connectivity index (χ1) is 11.5. The maximum Gasteiger partial charge on any atom is 0.534 e. The van der Waals surface area contributed by atoms with Gasteiger partial charge in [0.15, 0.2) is 0 Å². The number of benzene rings is 1. The Bertz CT molecular complexity index is 951. The van der Waals surface area contributed by atoms with E-state index in [2.05, 4.69) is 13.9 Å². The lowest BCUT2D eigenvalue weighted by molar-refractivity contribution is -0.134. The SMILES string of the molecule is COC(=O)C=C(C)c1ccc2ccnc(OS(=O)(=O)C(F)(F)F)c2c1. The summed E-state index contributed by atoms with van der Waals surface area (Å²) in [4.78, 5) is 14.9. The molecular formula is C15H12F3NO5S. The first-order valence-corrected chi connectivity index (χ1v) is 8.12. The molecular weight excluding hydrogens is 363 g/mol. The van der Waals surface area contributed by atoms with Gasteiger partial charge >= 0.3 is 21.6 Å². The van der Waals surface area contributed by atoms with Crippen LogP contribution in [0.1, 0.15) is 12.5 Å². The maximum absolute atomic E-state index is 12.5. The van der Waals surface area contributed by atoms with Gasteiger partial charge in [0.2, 0.25) is 5.88 Å². The minimum atomic E-state index is -5.85. The number of rotatable bonds is 4. The maximum atomic E-state index is 12.5. The monoisotopic (exact) mass is 375 g/mol. The van der Waals surface area contributed by atoms with Crippen LogP contribution in [0.5, 0.6) is 5.88 Å². The Labute approximate surface area is 141 Å². The quantitative estimate of drug-likeness (QED) is 0.354. The van der Waals surface area contributed by atoms with Gasteiger partial charge in [-0.05, 0) is 35.6 Å². The smallest absolute Gasteiger partial charge is 0.466 e. The highest BCUT2D eigenvalue weighted by Crippen LogP contribution is 2.31. The first kappa shape index (κ1) is 18.7. The molecule has 1 aromatic carbocycles. The third-order valence-electron chi connectivity index (χ3n) is 3.19. The van der Waals surface area contributed by atoms with Crippen molar-refractivity contribution in [2.75, 3.05) is 7.11 Å². The van der Waals surface area contributed by atoms with Crippen LogP contribution in [0.3, 0.4) is 0 Å². The van der Waals surface area contributed by atoms with Crippen LogP contribution in [-0.4, -0.2) is 32.0 Å². The Hall–Kier alpha value is -2.62. The Morgan fingerprint density at radius 2 is 1.92 bits per heavy atom. The summed E-state index contributed by atoms with van der Waals surface area (Å²) in [5.74, 6) is -1.32. The second kappa shape index (κ2) is 6.71. The molecule has 0 unspecified atom stereocenters. The fourth-order valence-electron chi connectivity index (χ4n) is 1.92. The van der Waals surface area contributed by atoms with Gasteiger partial charge in [0, 0.05) is 17.7 Å². The van der Waals surface area contributed by atoms with Crippen LogP contribution in [0.4, 0.5) is 13.2 Å². The van der Waals surface area contributed by atoms with E-state index < -0.39 is 27.5 Å². The number of esters is 1. The number of fused-ring (bicyclic) bond motifs is 1. The zero-order chi connectivity index (χ0) is 18.8. The number of ether oxygens (including phenoxy) is 1. The lowest BCUT2D eigenvalue weighted by Gasteiger charge is -2.11. The molecule has 2 aromatic rings. The molecule has 10 heteroatoms. The van der Waals surface area contributed by atoms with E-state index in [9.17, 15) is 26.4 Å². The number of halogens is 3. The first-order valence-electron chi connectivity index (χ1n) is 6.71. The number of hydrogen-bond acceptors (Lipinski definition) is 6. The predicted molar refractivity (Wildman–Crippen MR) is 83.0 cm³/mol. The Kier molecular flexibility index (Phi) is 5.02. The van der Waals surface area contributed by atoms with Crippen molar-refractivity contribution in [3.05, 3.63) is 42.1 Å². The number of allylic oxidation sites excluding steroid dienone is 1. The summed E-state index contributed by atoms with van der Waals surface area (Å²) in [5.41, 5.74) is -4.66. The van der Waals surface area contributed by atoms with Gasteiger partial charge in [-0.2, -0.15) is 21.6 Å². The second-order valence-corrected chi connectivity index (χ2v) is 6.42. The molecule has 1 heterocycles. The topological polar surface area (TPSA) is 82.6 Å². The van der Waals surface area contributed by atoms with Crippen molar-refractivity contribution in [3.63, 3.8) is 0 Å². The van der Waals surface area contributed by atoms with E-state index in [1.54, 1.807) is 13.0 Å². The summed E-state index contributed by atoms with van der Waals surface area (Å²) in [7, 11) is -4.65. The minimum absolute atomic E-state index is 0.0467. The summed E-state index contributed by atoms with van der Waals surface area (Å²) in [6.45, 7) is 1.58. The molecule has 0 aliphatic rings. The van der Waals surface area contributed by atoms with Crippen LogP contribution in [-0.2, 0) is 19.6 Å².